The molecule has 0 saturated heterocycles. The van der Waals surface area contributed by atoms with Gasteiger partial charge in [-0.2, -0.15) is 0 Å². The van der Waals surface area contributed by atoms with Crippen molar-refractivity contribution in [3.05, 3.63) is 94.4 Å². The molecule has 2 aromatic carbocycles. The minimum Gasteiger partial charge on any atom is -0.467 e. The molecule has 3 aromatic rings. The van der Waals surface area contributed by atoms with E-state index in [1.165, 1.54) is 11.2 Å². The molecule has 0 unspecified atom stereocenters. The number of hydrogen-bond donors (Lipinski definition) is 0. The molecule has 7 heteroatoms. The number of sulfone groups is 1. The molecule has 0 aliphatic heterocycles. The Morgan fingerprint density at radius 3 is 2.36 bits per heavy atom. The zero-order chi connectivity index (χ0) is 20.0. The fourth-order valence-corrected chi connectivity index (χ4v) is 4.63. The van der Waals surface area contributed by atoms with E-state index in [9.17, 15) is 13.2 Å². The van der Waals surface area contributed by atoms with Crippen molar-refractivity contribution in [3.63, 3.8) is 0 Å². The first-order valence-electron chi connectivity index (χ1n) is 8.70. The Kier molecular flexibility index (Phi) is 6.70. The monoisotopic (exact) mass is 461 g/mol. The van der Waals surface area contributed by atoms with Crippen molar-refractivity contribution in [1.29, 1.82) is 0 Å². The normalized spacial score (nSPS) is 11.3. The zero-order valence-electron chi connectivity index (χ0n) is 15.1. The quantitative estimate of drug-likeness (QED) is 0.504. The summed E-state index contributed by atoms with van der Waals surface area (Å²) in [6, 6.07) is 20.0. The van der Waals surface area contributed by atoms with E-state index in [-0.39, 0.29) is 12.3 Å². The van der Waals surface area contributed by atoms with Crippen molar-refractivity contribution in [3.8, 4) is 0 Å². The molecule has 28 heavy (non-hydrogen) atoms. The van der Waals surface area contributed by atoms with Gasteiger partial charge in [0.25, 0.3) is 0 Å². The summed E-state index contributed by atoms with van der Waals surface area (Å²) in [6.07, 6.45) is 1.53. The van der Waals surface area contributed by atoms with Gasteiger partial charge in [-0.3, -0.25) is 4.79 Å². The summed E-state index contributed by atoms with van der Waals surface area (Å²) in [5, 5.41) is 0. The fraction of sp³-hybridized carbons (Fsp3) is 0.190. The number of carbonyl (C=O) groups excluding carboxylic acids is 1. The van der Waals surface area contributed by atoms with E-state index in [1.54, 1.807) is 30.3 Å². The number of carbonyl (C=O) groups is 1. The lowest BCUT2D eigenvalue weighted by molar-refractivity contribution is -0.129. The smallest absolute Gasteiger partial charge is 0.238 e. The average Bonchev–Trinajstić information content (AvgIpc) is 3.14. The number of benzene rings is 2. The molecule has 3 rings (SSSR count). The van der Waals surface area contributed by atoms with Gasteiger partial charge in [0, 0.05) is 11.0 Å². The number of furan rings is 1. The van der Waals surface area contributed by atoms with Crippen LogP contribution < -0.4 is 0 Å². The lowest BCUT2D eigenvalue weighted by Gasteiger charge is -2.22. The van der Waals surface area contributed by atoms with Gasteiger partial charge >= 0.3 is 0 Å². The average molecular weight is 462 g/mol. The van der Waals surface area contributed by atoms with Crippen LogP contribution in [0, 0.1) is 0 Å². The summed E-state index contributed by atoms with van der Waals surface area (Å²) in [6.45, 7) is 0.528. The molecular formula is C21H20BrNO4S. The van der Waals surface area contributed by atoms with Crippen LogP contribution in [0.2, 0.25) is 0 Å². The van der Waals surface area contributed by atoms with Crippen LogP contribution in [0.3, 0.4) is 0 Å². The highest BCUT2D eigenvalue weighted by Gasteiger charge is 2.23. The highest BCUT2D eigenvalue weighted by Crippen LogP contribution is 2.16. The van der Waals surface area contributed by atoms with Gasteiger partial charge in [-0.1, -0.05) is 58.4 Å². The van der Waals surface area contributed by atoms with Crippen LogP contribution in [0.4, 0.5) is 0 Å². The maximum absolute atomic E-state index is 12.8. The first-order chi connectivity index (χ1) is 13.4. The third-order valence-corrected chi connectivity index (χ3v) is 6.07. The second kappa shape index (κ2) is 9.21. The molecule has 0 N–H and O–H groups in total. The highest BCUT2D eigenvalue weighted by molar-refractivity contribution is 9.10. The van der Waals surface area contributed by atoms with Gasteiger partial charge < -0.3 is 9.32 Å². The van der Waals surface area contributed by atoms with Crippen LogP contribution >= 0.6 is 15.9 Å². The van der Waals surface area contributed by atoms with Crippen molar-refractivity contribution < 1.29 is 17.6 Å². The van der Waals surface area contributed by atoms with Crippen LogP contribution in [-0.2, 0) is 33.5 Å². The summed E-state index contributed by atoms with van der Waals surface area (Å²) < 4.78 is 31.3. The number of nitrogens with zero attached hydrogens (tertiary/aromatic N) is 1. The van der Waals surface area contributed by atoms with Crippen LogP contribution in [-0.4, -0.2) is 25.0 Å². The maximum atomic E-state index is 12.8. The van der Waals surface area contributed by atoms with Crippen LogP contribution in [0.25, 0.3) is 0 Å². The minimum absolute atomic E-state index is 0.182. The summed E-state index contributed by atoms with van der Waals surface area (Å²) >= 11 is 3.33. The summed E-state index contributed by atoms with van der Waals surface area (Å²) in [4.78, 5) is 14.3. The van der Waals surface area contributed by atoms with E-state index in [2.05, 4.69) is 15.9 Å². The Morgan fingerprint density at radius 2 is 1.68 bits per heavy atom. The molecule has 0 atom stereocenters. The topological polar surface area (TPSA) is 67.6 Å². The van der Waals surface area contributed by atoms with E-state index < -0.39 is 21.5 Å². The van der Waals surface area contributed by atoms with Crippen LogP contribution in [0.15, 0.2) is 81.9 Å². The van der Waals surface area contributed by atoms with Crippen LogP contribution in [0.1, 0.15) is 16.9 Å². The van der Waals surface area contributed by atoms with Gasteiger partial charge in [0.1, 0.15) is 11.5 Å². The second-order valence-corrected chi connectivity index (χ2v) is 9.46. The van der Waals surface area contributed by atoms with Gasteiger partial charge in [0.2, 0.25) is 5.91 Å². The van der Waals surface area contributed by atoms with Crippen molar-refractivity contribution in [1.82, 2.24) is 4.90 Å². The first kappa shape index (κ1) is 20.4. The molecule has 146 valence electrons. The SMILES string of the molecule is O=C(CS(=O)(=O)Cc1cccc(Br)c1)N(Cc1ccccc1)Cc1ccco1. The Bertz CT molecular complexity index is 1020. The number of rotatable bonds is 8. The van der Waals surface area contributed by atoms with E-state index in [0.29, 0.717) is 17.9 Å². The van der Waals surface area contributed by atoms with Crippen LogP contribution in [0.5, 0.6) is 0 Å². The Balaban J connectivity index is 1.74. The molecule has 1 aromatic heterocycles. The molecular weight excluding hydrogens is 442 g/mol. The van der Waals surface area contributed by atoms with Gasteiger partial charge in [-0.05, 0) is 35.4 Å². The van der Waals surface area contributed by atoms with E-state index in [4.69, 9.17) is 4.42 Å². The highest BCUT2D eigenvalue weighted by atomic mass is 79.9. The third kappa shape index (κ3) is 6.07. The molecule has 0 radical (unpaired) electrons. The molecule has 0 aliphatic carbocycles. The predicted octanol–water partition coefficient (Wildman–Crippen LogP) is 4.19. The largest absolute Gasteiger partial charge is 0.467 e. The maximum Gasteiger partial charge on any atom is 0.238 e. The van der Waals surface area contributed by atoms with Gasteiger partial charge in [0.15, 0.2) is 9.84 Å². The van der Waals surface area contributed by atoms with E-state index in [1.807, 2.05) is 36.4 Å². The van der Waals surface area contributed by atoms with Gasteiger partial charge in [0.05, 0.1) is 18.6 Å². The number of halogens is 1. The Labute approximate surface area is 173 Å². The number of hydrogen-bond acceptors (Lipinski definition) is 4. The summed E-state index contributed by atoms with van der Waals surface area (Å²) in [7, 11) is -3.61. The Hall–Kier alpha value is -2.38. The molecule has 0 saturated carbocycles. The van der Waals surface area contributed by atoms with Gasteiger partial charge in [-0.15, -0.1) is 0 Å². The molecule has 5 nitrogen and oxygen atoms in total. The van der Waals surface area contributed by atoms with Crippen molar-refractivity contribution in [2.45, 2.75) is 18.8 Å². The fourth-order valence-electron chi connectivity index (χ4n) is 2.84. The second-order valence-electron chi connectivity index (χ2n) is 6.48. The summed E-state index contributed by atoms with van der Waals surface area (Å²) in [5.74, 6) is -0.575. The third-order valence-electron chi connectivity index (χ3n) is 4.11. The van der Waals surface area contributed by atoms with E-state index >= 15 is 0 Å². The molecule has 1 amide bonds. The molecule has 0 aliphatic rings. The van der Waals surface area contributed by atoms with Crippen molar-refractivity contribution in [2.75, 3.05) is 5.75 Å². The lowest BCUT2D eigenvalue weighted by atomic mass is 10.2. The standard InChI is InChI=1S/C21H20BrNO4S/c22-19-9-4-8-18(12-19)15-28(25,26)16-21(24)23(14-20-10-5-11-27-20)13-17-6-2-1-3-7-17/h1-12H,13-16H2. The predicted molar refractivity (Wildman–Crippen MR) is 111 cm³/mol. The minimum atomic E-state index is -3.61. The van der Waals surface area contributed by atoms with Crippen molar-refractivity contribution >= 4 is 31.7 Å². The molecule has 0 spiro atoms. The molecule has 0 bridgehead atoms. The number of amides is 1. The lowest BCUT2D eigenvalue weighted by Crippen LogP contribution is -2.35. The first-order valence-corrected chi connectivity index (χ1v) is 11.3. The van der Waals surface area contributed by atoms with E-state index in [0.717, 1.165) is 10.0 Å². The molecule has 0 fully saturated rings. The van der Waals surface area contributed by atoms with Crippen molar-refractivity contribution in [2.24, 2.45) is 0 Å². The van der Waals surface area contributed by atoms with Gasteiger partial charge in [-0.25, -0.2) is 8.42 Å². The summed E-state index contributed by atoms with van der Waals surface area (Å²) in [5.41, 5.74) is 1.56. The Morgan fingerprint density at radius 1 is 0.929 bits per heavy atom. The zero-order valence-corrected chi connectivity index (χ0v) is 17.5. The molecule has 1 heterocycles.